The first-order chi connectivity index (χ1) is 10.8. The van der Waals surface area contributed by atoms with E-state index in [1.807, 2.05) is 43.5 Å². The predicted molar refractivity (Wildman–Crippen MR) is 90.1 cm³/mol. The standard InChI is InChI=1S/C18H22N2O3/c1-5-20-10-13(4)17(18(22)23)15(20)9-16(21)19-14-7-6-11(2)12(3)8-14/h6-8,10H,5,9H2,1-4H3,(H,19,21)(H,22,23). The molecule has 1 heterocycles. The van der Waals surface area contributed by atoms with Crippen LogP contribution in [0.3, 0.4) is 0 Å². The van der Waals surface area contributed by atoms with Crippen molar-refractivity contribution >= 4 is 17.6 Å². The largest absolute Gasteiger partial charge is 0.478 e. The highest BCUT2D eigenvalue weighted by molar-refractivity contribution is 5.96. The SMILES string of the molecule is CCn1cc(C)c(C(=O)O)c1CC(=O)Nc1ccc(C)c(C)c1. The van der Waals surface area contributed by atoms with Crippen molar-refractivity contribution in [1.29, 1.82) is 0 Å². The first-order valence-corrected chi connectivity index (χ1v) is 7.62. The highest BCUT2D eigenvalue weighted by atomic mass is 16.4. The highest BCUT2D eigenvalue weighted by Crippen LogP contribution is 2.19. The maximum Gasteiger partial charge on any atom is 0.337 e. The first kappa shape index (κ1) is 16.8. The molecule has 1 amide bonds. The average molecular weight is 314 g/mol. The van der Waals surface area contributed by atoms with E-state index < -0.39 is 5.97 Å². The van der Waals surface area contributed by atoms with E-state index in [1.165, 1.54) is 0 Å². The van der Waals surface area contributed by atoms with Gasteiger partial charge in [-0.05, 0) is 56.5 Å². The van der Waals surface area contributed by atoms with Crippen LogP contribution in [0.15, 0.2) is 24.4 Å². The second kappa shape index (κ2) is 6.69. The molecule has 0 saturated carbocycles. The number of aromatic nitrogens is 1. The number of carboxylic acid groups (broad SMARTS) is 1. The van der Waals surface area contributed by atoms with Gasteiger partial charge in [-0.3, -0.25) is 4.79 Å². The van der Waals surface area contributed by atoms with Crippen LogP contribution in [0.5, 0.6) is 0 Å². The van der Waals surface area contributed by atoms with Gasteiger partial charge in [0.1, 0.15) is 0 Å². The van der Waals surface area contributed by atoms with Crippen LogP contribution >= 0.6 is 0 Å². The summed E-state index contributed by atoms with van der Waals surface area (Å²) >= 11 is 0. The summed E-state index contributed by atoms with van der Waals surface area (Å²) in [6, 6.07) is 5.71. The number of aryl methyl sites for hydroxylation is 4. The Balaban J connectivity index is 2.23. The van der Waals surface area contributed by atoms with Gasteiger partial charge >= 0.3 is 5.97 Å². The van der Waals surface area contributed by atoms with Gasteiger partial charge in [0.25, 0.3) is 0 Å². The lowest BCUT2D eigenvalue weighted by atomic mass is 10.1. The molecule has 0 spiro atoms. The van der Waals surface area contributed by atoms with Crippen molar-refractivity contribution in [3.05, 3.63) is 52.3 Å². The molecule has 1 aromatic carbocycles. The van der Waals surface area contributed by atoms with Crippen molar-refractivity contribution in [2.75, 3.05) is 5.32 Å². The van der Waals surface area contributed by atoms with E-state index in [0.717, 1.165) is 16.8 Å². The molecule has 0 saturated heterocycles. The number of anilines is 1. The molecule has 0 aliphatic heterocycles. The van der Waals surface area contributed by atoms with Crippen molar-refractivity contribution < 1.29 is 14.7 Å². The van der Waals surface area contributed by atoms with Gasteiger partial charge in [-0.2, -0.15) is 0 Å². The van der Waals surface area contributed by atoms with E-state index in [4.69, 9.17) is 0 Å². The maximum atomic E-state index is 12.3. The number of hydrogen-bond acceptors (Lipinski definition) is 2. The Bertz CT molecular complexity index is 760. The van der Waals surface area contributed by atoms with E-state index >= 15 is 0 Å². The fraction of sp³-hybridized carbons (Fsp3) is 0.333. The lowest BCUT2D eigenvalue weighted by Crippen LogP contribution is -2.18. The molecule has 2 N–H and O–H groups in total. The van der Waals surface area contributed by atoms with Crippen molar-refractivity contribution in [3.63, 3.8) is 0 Å². The molecule has 0 unspecified atom stereocenters. The van der Waals surface area contributed by atoms with Crippen LogP contribution in [-0.4, -0.2) is 21.6 Å². The van der Waals surface area contributed by atoms with Crippen LogP contribution in [-0.2, 0) is 17.8 Å². The van der Waals surface area contributed by atoms with Crippen LogP contribution in [0.4, 0.5) is 5.69 Å². The quantitative estimate of drug-likeness (QED) is 0.889. The molecule has 122 valence electrons. The Hall–Kier alpha value is -2.56. The number of carboxylic acids is 1. The second-order valence-corrected chi connectivity index (χ2v) is 5.75. The summed E-state index contributed by atoms with van der Waals surface area (Å²) in [6.45, 7) is 8.30. The minimum Gasteiger partial charge on any atom is -0.478 e. The number of carbonyl (C=O) groups is 2. The fourth-order valence-corrected chi connectivity index (χ4v) is 2.69. The zero-order chi connectivity index (χ0) is 17.1. The number of nitrogens with zero attached hydrogens (tertiary/aromatic N) is 1. The first-order valence-electron chi connectivity index (χ1n) is 7.62. The summed E-state index contributed by atoms with van der Waals surface area (Å²) in [5, 5.41) is 12.2. The molecule has 0 aliphatic rings. The lowest BCUT2D eigenvalue weighted by Gasteiger charge is -2.10. The molecule has 2 rings (SSSR count). The van der Waals surface area contributed by atoms with Crippen molar-refractivity contribution in [2.45, 2.75) is 40.7 Å². The minimum atomic E-state index is -0.997. The molecule has 0 atom stereocenters. The Kier molecular flexibility index (Phi) is 4.89. The summed E-state index contributed by atoms with van der Waals surface area (Å²) in [7, 11) is 0. The second-order valence-electron chi connectivity index (χ2n) is 5.75. The monoisotopic (exact) mass is 314 g/mol. The van der Waals surface area contributed by atoms with Gasteiger partial charge in [-0.15, -0.1) is 0 Å². The number of rotatable bonds is 5. The number of aromatic carboxylic acids is 1. The summed E-state index contributed by atoms with van der Waals surface area (Å²) in [4.78, 5) is 23.8. The third kappa shape index (κ3) is 3.62. The molecule has 2 aromatic rings. The predicted octanol–water partition coefficient (Wildman–Crippen LogP) is 3.31. The van der Waals surface area contributed by atoms with Gasteiger partial charge in [0, 0.05) is 24.1 Å². The number of amides is 1. The molecule has 5 nitrogen and oxygen atoms in total. The normalized spacial score (nSPS) is 10.6. The molecule has 0 radical (unpaired) electrons. The molecule has 0 bridgehead atoms. The van der Waals surface area contributed by atoms with Crippen LogP contribution in [0, 0.1) is 20.8 Å². The van der Waals surface area contributed by atoms with Gasteiger partial charge in [-0.25, -0.2) is 4.79 Å². The topological polar surface area (TPSA) is 71.3 Å². The van der Waals surface area contributed by atoms with Crippen molar-refractivity contribution in [2.24, 2.45) is 0 Å². The molecule has 1 aromatic heterocycles. The molecular weight excluding hydrogens is 292 g/mol. The lowest BCUT2D eigenvalue weighted by molar-refractivity contribution is -0.115. The van der Waals surface area contributed by atoms with Crippen LogP contribution in [0.1, 0.15) is 39.7 Å². The van der Waals surface area contributed by atoms with Gasteiger partial charge in [0.15, 0.2) is 0 Å². The minimum absolute atomic E-state index is 0.0379. The Morgan fingerprint density at radius 1 is 1.13 bits per heavy atom. The molecule has 23 heavy (non-hydrogen) atoms. The molecular formula is C18H22N2O3. The Labute approximate surface area is 135 Å². The van der Waals surface area contributed by atoms with Gasteiger partial charge in [0.2, 0.25) is 5.91 Å². The van der Waals surface area contributed by atoms with Crippen LogP contribution in [0.2, 0.25) is 0 Å². The number of hydrogen-bond donors (Lipinski definition) is 2. The average Bonchev–Trinajstić information content (AvgIpc) is 2.78. The Morgan fingerprint density at radius 3 is 2.39 bits per heavy atom. The van der Waals surface area contributed by atoms with E-state index in [9.17, 15) is 14.7 Å². The van der Waals surface area contributed by atoms with E-state index in [2.05, 4.69) is 5.32 Å². The summed E-state index contributed by atoms with van der Waals surface area (Å²) < 4.78 is 1.82. The number of benzene rings is 1. The smallest absolute Gasteiger partial charge is 0.337 e. The van der Waals surface area contributed by atoms with Crippen LogP contribution < -0.4 is 5.32 Å². The van der Waals surface area contributed by atoms with Crippen LogP contribution in [0.25, 0.3) is 0 Å². The van der Waals surface area contributed by atoms with Gasteiger partial charge < -0.3 is 15.0 Å². The van der Waals surface area contributed by atoms with Crippen molar-refractivity contribution in [3.8, 4) is 0 Å². The van der Waals surface area contributed by atoms with E-state index in [0.29, 0.717) is 17.8 Å². The zero-order valence-corrected chi connectivity index (χ0v) is 13.9. The maximum absolute atomic E-state index is 12.3. The molecule has 0 aliphatic carbocycles. The molecule has 0 fully saturated rings. The third-order valence-electron chi connectivity index (χ3n) is 4.05. The number of nitrogens with one attached hydrogen (secondary N) is 1. The van der Waals surface area contributed by atoms with E-state index in [1.54, 1.807) is 13.1 Å². The van der Waals surface area contributed by atoms with Gasteiger partial charge in [-0.1, -0.05) is 6.07 Å². The summed E-state index contributed by atoms with van der Waals surface area (Å²) in [6.07, 6.45) is 1.82. The van der Waals surface area contributed by atoms with Crippen molar-refractivity contribution in [1.82, 2.24) is 4.57 Å². The zero-order valence-electron chi connectivity index (χ0n) is 13.9. The molecule has 5 heteroatoms. The Morgan fingerprint density at radius 2 is 1.83 bits per heavy atom. The fourth-order valence-electron chi connectivity index (χ4n) is 2.69. The van der Waals surface area contributed by atoms with Gasteiger partial charge in [0.05, 0.1) is 12.0 Å². The third-order valence-corrected chi connectivity index (χ3v) is 4.05. The van der Waals surface area contributed by atoms with E-state index in [-0.39, 0.29) is 17.9 Å². The highest BCUT2D eigenvalue weighted by Gasteiger charge is 2.20. The summed E-state index contributed by atoms with van der Waals surface area (Å²) in [5.74, 6) is -1.22. The number of carbonyl (C=O) groups excluding carboxylic acids is 1. The summed E-state index contributed by atoms with van der Waals surface area (Å²) in [5.41, 5.74) is 4.42.